The number of anilines is 1. The number of carbonyl (C=O) groups is 1. The normalized spacial score (nSPS) is 16.5. The van der Waals surface area contributed by atoms with Crippen LogP contribution in [0.5, 0.6) is 0 Å². The lowest BCUT2D eigenvalue weighted by molar-refractivity contribution is 0.0951. The molecular formula is C20H19F2N3OS2. The van der Waals surface area contributed by atoms with Crippen molar-refractivity contribution < 1.29 is 13.6 Å². The summed E-state index contributed by atoms with van der Waals surface area (Å²) in [6.07, 6.45) is 0.890. The number of halogens is 2. The monoisotopic (exact) mass is 419 g/mol. The molecule has 4 rings (SSSR count). The van der Waals surface area contributed by atoms with Crippen molar-refractivity contribution in [3.63, 3.8) is 0 Å². The topological polar surface area (TPSA) is 45.2 Å². The average Bonchev–Trinajstić information content (AvgIpc) is 3.42. The first-order valence-electron chi connectivity index (χ1n) is 9.01. The van der Waals surface area contributed by atoms with Crippen molar-refractivity contribution in [1.82, 2.24) is 10.3 Å². The Labute approximate surface area is 169 Å². The summed E-state index contributed by atoms with van der Waals surface area (Å²) in [5.41, 5.74) is 1.41. The predicted octanol–water partition coefficient (Wildman–Crippen LogP) is 4.71. The predicted molar refractivity (Wildman–Crippen MR) is 109 cm³/mol. The average molecular weight is 420 g/mol. The third-order valence-corrected chi connectivity index (χ3v) is 7.04. The van der Waals surface area contributed by atoms with Crippen molar-refractivity contribution in [2.45, 2.75) is 13.3 Å². The van der Waals surface area contributed by atoms with Gasteiger partial charge in [-0.3, -0.25) is 4.79 Å². The van der Waals surface area contributed by atoms with Crippen LogP contribution < -0.4 is 10.2 Å². The molecule has 3 heterocycles. The number of thiophene rings is 1. The second kappa shape index (κ2) is 7.97. The molecule has 0 spiro atoms. The zero-order valence-corrected chi connectivity index (χ0v) is 16.9. The number of nitrogens with zero attached hydrogens (tertiary/aromatic N) is 2. The molecule has 0 bridgehead atoms. The van der Waals surface area contributed by atoms with E-state index in [4.69, 9.17) is 0 Å². The molecular weight excluding hydrogens is 400 g/mol. The lowest BCUT2D eigenvalue weighted by atomic mass is 10.1. The van der Waals surface area contributed by atoms with Gasteiger partial charge in [-0.1, -0.05) is 6.07 Å². The van der Waals surface area contributed by atoms with E-state index >= 15 is 0 Å². The van der Waals surface area contributed by atoms with Crippen LogP contribution in [0, 0.1) is 24.5 Å². The Balaban J connectivity index is 1.35. The maximum atomic E-state index is 13.5. The highest BCUT2D eigenvalue weighted by atomic mass is 32.1. The molecule has 1 aliphatic rings. The zero-order chi connectivity index (χ0) is 19.7. The molecule has 1 aliphatic heterocycles. The molecule has 0 saturated carbocycles. The molecule has 8 heteroatoms. The molecule has 1 aromatic carbocycles. The van der Waals surface area contributed by atoms with E-state index in [1.165, 1.54) is 17.4 Å². The second-order valence-electron chi connectivity index (χ2n) is 6.82. The number of thiazole rings is 1. The van der Waals surface area contributed by atoms with Crippen molar-refractivity contribution in [1.29, 1.82) is 0 Å². The van der Waals surface area contributed by atoms with Gasteiger partial charge in [0.25, 0.3) is 5.91 Å². The van der Waals surface area contributed by atoms with Crippen molar-refractivity contribution in [2.24, 2.45) is 5.92 Å². The van der Waals surface area contributed by atoms with E-state index in [2.05, 4.69) is 10.3 Å². The number of aryl methyl sites for hydroxylation is 1. The summed E-state index contributed by atoms with van der Waals surface area (Å²) in [5, 5.41) is 5.86. The van der Waals surface area contributed by atoms with Crippen LogP contribution in [-0.4, -0.2) is 30.5 Å². The van der Waals surface area contributed by atoms with Crippen LogP contribution in [0.4, 0.5) is 14.5 Å². The van der Waals surface area contributed by atoms with Crippen LogP contribution in [0.3, 0.4) is 0 Å². The van der Waals surface area contributed by atoms with Gasteiger partial charge in [-0.2, -0.15) is 0 Å². The van der Waals surface area contributed by atoms with Crippen LogP contribution >= 0.6 is 22.7 Å². The Bertz CT molecular complexity index is 988. The van der Waals surface area contributed by atoms with Gasteiger partial charge >= 0.3 is 0 Å². The molecule has 0 radical (unpaired) electrons. The van der Waals surface area contributed by atoms with Crippen LogP contribution in [0.25, 0.3) is 9.88 Å². The Morgan fingerprint density at radius 2 is 2.18 bits per heavy atom. The molecule has 1 N–H and O–H groups in total. The summed E-state index contributed by atoms with van der Waals surface area (Å²) < 4.78 is 26.6. The minimum Gasteiger partial charge on any atom is -0.371 e. The van der Waals surface area contributed by atoms with Gasteiger partial charge in [-0.15, -0.1) is 22.7 Å². The fraction of sp³-hybridized carbons (Fsp3) is 0.300. The number of aromatic nitrogens is 1. The Morgan fingerprint density at radius 3 is 2.93 bits per heavy atom. The Morgan fingerprint density at radius 1 is 1.32 bits per heavy atom. The number of rotatable bonds is 5. The summed E-state index contributed by atoms with van der Waals surface area (Å²) >= 11 is 3.01. The number of nitrogens with one attached hydrogen (secondary N) is 1. The van der Waals surface area contributed by atoms with Crippen molar-refractivity contribution in [2.75, 3.05) is 24.5 Å². The molecule has 1 saturated heterocycles. The Kier molecular flexibility index (Phi) is 5.41. The lowest BCUT2D eigenvalue weighted by Crippen LogP contribution is -2.31. The fourth-order valence-electron chi connectivity index (χ4n) is 3.35. The van der Waals surface area contributed by atoms with E-state index in [0.29, 0.717) is 23.7 Å². The molecule has 1 unspecified atom stereocenters. The highest BCUT2D eigenvalue weighted by Gasteiger charge is 2.25. The smallest absolute Gasteiger partial charge is 0.263 e. The van der Waals surface area contributed by atoms with E-state index in [0.717, 1.165) is 34.6 Å². The van der Waals surface area contributed by atoms with Crippen molar-refractivity contribution in [3.8, 4) is 9.88 Å². The largest absolute Gasteiger partial charge is 0.371 e. The highest BCUT2D eigenvalue weighted by molar-refractivity contribution is 7.22. The lowest BCUT2D eigenvalue weighted by Gasteiger charge is -2.19. The van der Waals surface area contributed by atoms with Gasteiger partial charge in [0.15, 0.2) is 11.6 Å². The van der Waals surface area contributed by atoms with Crippen LogP contribution in [0.2, 0.25) is 0 Å². The quantitative estimate of drug-likeness (QED) is 0.651. The van der Waals surface area contributed by atoms with Crippen LogP contribution in [0.1, 0.15) is 21.8 Å². The van der Waals surface area contributed by atoms with Gasteiger partial charge in [0.1, 0.15) is 9.88 Å². The maximum Gasteiger partial charge on any atom is 0.263 e. The van der Waals surface area contributed by atoms with E-state index in [-0.39, 0.29) is 11.8 Å². The maximum absolute atomic E-state index is 13.5. The van der Waals surface area contributed by atoms with Crippen molar-refractivity contribution in [3.05, 3.63) is 57.9 Å². The molecule has 3 aromatic rings. The summed E-state index contributed by atoms with van der Waals surface area (Å²) in [7, 11) is 0. The molecule has 2 aromatic heterocycles. The van der Waals surface area contributed by atoms with Crippen molar-refractivity contribution >= 4 is 34.3 Å². The summed E-state index contributed by atoms with van der Waals surface area (Å²) in [6.45, 7) is 3.86. The van der Waals surface area contributed by atoms with Gasteiger partial charge in [0, 0.05) is 31.4 Å². The summed E-state index contributed by atoms with van der Waals surface area (Å²) in [4.78, 5) is 20.8. The SMILES string of the molecule is Cc1nc(-c2cccs2)sc1C(=O)NCC1CCN(c2ccc(F)c(F)c2)C1. The molecule has 0 aliphatic carbocycles. The third kappa shape index (κ3) is 3.93. The van der Waals surface area contributed by atoms with Gasteiger partial charge in [-0.25, -0.2) is 13.8 Å². The number of hydrogen-bond donors (Lipinski definition) is 1. The first-order chi connectivity index (χ1) is 13.5. The molecule has 28 heavy (non-hydrogen) atoms. The molecule has 146 valence electrons. The first-order valence-corrected chi connectivity index (χ1v) is 10.7. The minimum atomic E-state index is -0.839. The third-order valence-electron chi connectivity index (χ3n) is 4.84. The number of hydrogen-bond acceptors (Lipinski definition) is 5. The number of carbonyl (C=O) groups excluding carboxylic acids is 1. The van der Waals surface area contributed by atoms with Crippen LogP contribution in [0.15, 0.2) is 35.7 Å². The van der Waals surface area contributed by atoms with Gasteiger partial charge in [-0.05, 0) is 42.8 Å². The molecule has 1 amide bonds. The fourth-order valence-corrected chi connectivity index (χ4v) is 5.13. The molecule has 4 nitrogen and oxygen atoms in total. The molecule has 1 fully saturated rings. The van der Waals surface area contributed by atoms with Gasteiger partial charge in [0.2, 0.25) is 0 Å². The van der Waals surface area contributed by atoms with E-state index in [9.17, 15) is 13.6 Å². The number of amides is 1. The number of benzene rings is 1. The summed E-state index contributed by atoms with van der Waals surface area (Å²) in [6, 6.07) is 7.93. The second-order valence-corrected chi connectivity index (χ2v) is 8.77. The standard InChI is InChI=1S/C20H19F2N3OS2/c1-12-18(28-20(24-12)17-3-2-8-27-17)19(26)23-10-13-6-7-25(11-13)14-4-5-15(21)16(22)9-14/h2-5,8-9,13H,6-7,10-11H2,1H3,(H,23,26). The first kappa shape index (κ1) is 19.0. The van der Waals surface area contributed by atoms with E-state index < -0.39 is 11.6 Å². The van der Waals surface area contributed by atoms with Gasteiger partial charge in [0.05, 0.1) is 10.6 Å². The minimum absolute atomic E-state index is 0.107. The zero-order valence-electron chi connectivity index (χ0n) is 15.2. The van der Waals surface area contributed by atoms with E-state index in [1.54, 1.807) is 17.4 Å². The highest BCUT2D eigenvalue weighted by Crippen LogP contribution is 2.31. The van der Waals surface area contributed by atoms with Gasteiger partial charge < -0.3 is 10.2 Å². The van der Waals surface area contributed by atoms with E-state index in [1.807, 2.05) is 29.3 Å². The van der Waals surface area contributed by atoms with Crippen LogP contribution in [-0.2, 0) is 0 Å². The Hall–Kier alpha value is -2.32. The molecule has 1 atom stereocenters. The summed E-state index contributed by atoms with van der Waals surface area (Å²) in [5.74, 6) is -1.52.